The summed E-state index contributed by atoms with van der Waals surface area (Å²) in [4.78, 5) is 0. The lowest BCUT2D eigenvalue weighted by Crippen LogP contribution is -2.05. The summed E-state index contributed by atoms with van der Waals surface area (Å²) >= 11 is 0. The summed E-state index contributed by atoms with van der Waals surface area (Å²) < 4.78 is 5.83. The van der Waals surface area contributed by atoms with E-state index in [1.165, 1.54) is 5.56 Å². The van der Waals surface area contributed by atoms with Crippen LogP contribution in [0.5, 0.6) is 11.5 Å². The Labute approximate surface area is 126 Å². The number of hydrogen-bond acceptors (Lipinski definition) is 3. The third-order valence-electron chi connectivity index (χ3n) is 3.32. The second-order valence-electron chi connectivity index (χ2n) is 5.30. The van der Waals surface area contributed by atoms with E-state index in [1.54, 1.807) is 0 Å². The average molecular weight is 280 g/mol. The zero-order valence-electron chi connectivity index (χ0n) is 12.7. The standard InChI is InChI=1S/C18H20N2O/c1-13(2)15-5-7-17(8-6-15)21-18-9-4-14(12-20-3)10-16(18)11-19/h4-10,13,20H,12H2,1-3H3. The van der Waals surface area contributed by atoms with Gasteiger partial charge in [-0.1, -0.05) is 32.0 Å². The summed E-state index contributed by atoms with van der Waals surface area (Å²) in [5.74, 6) is 1.83. The predicted octanol–water partition coefficient (Wildman–Crippen LogP) is 4.19. The molecule has 0 spiro atoms. The lowest BCUT2D eigenvalue weighted by molar-refractivity contribution is 0.480. The van der Waals surface area contributed by atoms with E-state index in [0.29, 0.717) is 17.2 Å². The number of ether oxygens (including phenoxy) is 1. The van der Waals surface area contributed by atoms with E-state index in [-0.39, 0.29) is 0 Å². The maximum Gasteiger partial charge on any atom is 0.145 e. The average Bonchev–Trinajstić information content (AvgIpc) is 2.49. The van der Waals surface area contributed by atoms with Gasteiger partial charge in [-0.25, -0.2) is 0 Å². The number of benzene rings is 2. The molecule has 0 unspecified atom stereocenters. The second kappa shape index (κ2) is 6.92. The largest absolute Gasteiger partial charge is 0.456 e. The van der Waals surface area contributed by atoms with Crippen molar-refractivity contribution in [2.24, 2.45) is 0 Å². The third kappa shape index (κ3) is 3.84. The monoisotopic (exact) mass is 280 g/mol. The fraction of sp³-hybridized carbons (Fsp3) is 0.278. The van der Waals surface area contributed by atoms with Crippen molar-refractivity contribution in [3.8, 4) is 17.6 Å². The van der Waals surface area contributed by atoms with Gasteiger partial charge in [-0.15, -0.1) is 0 Å². The topological polar surface area (TPSA) is 45.0 Å². The first-order chi connectivity index (χ1) is 10.1. The van der Waals surface area contributed by atoms with Crippen LogP contribution in [0.4, 0.5) is 0 Å². The van der Waals surface area contributed by atoms with Crippen molar-refractivity contribution in [3.05, 3.63) is 59.2 Å². The van der Waals surface area contributed by atoms with Gasteiger partial charge in [-0.05, 0) is 48.4 Å². The SMILES string of the molecule is CNCc1ccc(Oc2ccc(C(C)C)cc2)c(C#N)c1. The van der Waals surface area contributed by atoms with Gasteiger partial charge >= 0.3 is 0 Å². The van der Waals surface area contributed by atoms with Crippen LogP contribution >= 0.6 is 0 Å². The Balaban J connectivity index is 2.21. The minimum atomic E-state index is 0.495. The van der Waals surface area contributed by atoms with Crippen LogP contribution in [-0.2, 0) is 6.54 Å². The molecule has 0 aliphatic carbocycles. The molecule has 0 amide bonds. The van der Waals surface area contributed by atoms with Crippen LogP contribution in [0.3, 0.4) is 0 Å². The van der Waals surface area contributed by atoms with Gasteiger partial charge < -0.3 is 10.1 Å². The zero-order chi connectivity index (χ0) is 15.2. The van der Waals surface area contributed by atoms with E-state index >= 15 is 0 Å². The van der Waals surface area contributed by atoms with Gasteiger partial charge in [0, 0.05) is 6.54 Å². The molecule has 0 aliphatic rings. The smallest absolute Gasteiger partial charge is 0.145 e. The molecule has 0 atom stereocenters. The first-order valence-electron chi connectivity index (χ1n) is 7.09. The molecule has 21 heavy (non-hydrogen) atoms. The van der Waals surface area contributed by atoms with Crippen molar-refractivity contribution < 1.29 is 4.74 Å². The highest BCUT2D eigenvalue weighted by Gasteiger charge is 2.07. The minimum Gasteiger partial charge on any atom is -0.456 e. The van der Waals surface area contributed by atoms with Gasteiger partial charge in [0.15, 0.2) is 0 Å². The molecule has 0 aromatic heterocycles. The number of hydrogen-bond donors (Lipinski definition) is 1. The molecule has 108 valence electrons. The van der Waals surface area contributed by atoms with E-state index in [9.17, 15) is 5.26 Å². The van der Waals surface area contributed by atoms with Crippen molar-refractivity contribution >= 4 is 0 Å². The highest BCUT2D eigenvalue weighted by Crippen LogP contribution is 2.27. The van der Waals surface area contributed by atoms with Gasteiger partial charge in [0.1, 0.15) is 17.6 Å². The summed E-state index contributed by atoms with van der Waals surface area (Å²) in [6, 6.07) is 15.9. The van der Waals surface area contributed by atoms with Crippen LogP contribution in [0.2, 0.25) is 0 Å². The molecule has 0 aliphatic heterocycles. The molecule has 0 radical (unpaired) electrons. The van der Waals surface area contributed by atoms with Crippen LogP contribution in [0.25, 0.3) is 0 Å². The lowest BCUT2D eigenvalue weighted by atomic mass is 10.0. The first kappa shape index (κ1) is 15.1. The Hall–Kier alpha value is -2.31. The highest BCUT2D eigenvalue weighted by atomic mass is 16.5. The molecular weight excluding hydrogens is 260 g/mol. The van der Waals surface area contributed by atoms with Crippen LogP contribution in [-0.4, -0.2) is 7.05 Å². The quantitative estimate of drug-likeness (QED) is 0.893. The molecular formula is C18H20N2O. The third-order valence-corrected chi connectivity index (χ3v) is 3.32. The maximum atomic E-state index is 9.26. The fourth-order valence-electron chi connectivity index (χ4n) is 2.12. The van der Waals surface area contributed by atoms with Crippen molar-refractivity contribution in [3.63, 3.8) is 0 Å². The Morgan fingerprint density at radius 2 is 1.86 bits per heavy atom. The number of rotatable bonds is 5. The molecule has 0 fully saturated rings. The summed E-state index contributed by atoms with van der Waals surface area (Å²) in [7, 11) is 1.88. The van der Waals surface area contributed by atoms with Crippen LogP contribution in [0.15, 0.2) is 42.5 Å². The van der Waals surface area contributed by atoms with E-state index < -0.39 is 0 Å². The van der Waals surface area contributed by atoms with Crippen LogP contribution < -0.4 is 10.1 Å². The maximum absolute atomic E-state index is 9.26. The molecule has 3 nitrogen and oxygen atoms in total. The summed E-state index contributed by atoms with van der Waals surface area (Å²) in [6.07, 6.45) is 0. The second-order valence-corrected chi connectivity index (χ2v) is 5.30. The number of nitrogens with zero attached hydrogens (tertiary/aromatic N) is 1. The van der Waals surface area contributed by atoms with Crippen molar-refractivity contribution in [1.29, 1.82) is 5.26 Å². The van der Waals surface area contributed by atoms with Gasteiger partial charge in [0.05, 0.1) is 5.56 Å². The molecule has 2 rings (SSSR count). The molecule has 3 heteroatoms. The molecule has 0 saturated heterocycles. The van der Waals surface area contributed by atoms with E-state index in [1.807, 2.05) is 37.4 Å². The van der Waals surface area contributed by atoms with Gasteiger partial charge in [0.25, 0.3) is 0 Å². The van der Waals surface area contributed by atoms with Crippen molar-refractivity contribution in [2.75, 3.05) is 7.05 Å². The van der Waals surface area contributed by atoms with Crippen molar-refractivity contribution in [2.45, 2.75) is 26.3 Å². The Morgan fingerprint density at radius 1 is 1.14 bits per heavy atom. The highest BCUT2D eigenvalue weighted by molar-refractivity contribution is 5.47. The normalized spacial score (nSPS) is 10.4. The van der Waals surface area contributed by atoms with E-state index in [4.69, 9.17) is 4.74 Å². The Kier molecular flexibility index (Phi) is 4.97. The molecule has 2 aromatic carbocycles. The number of nitrogens with one attached hydrogen (secondary N) is 1. The summed E-state index contributed by atoms with van der Waals surface area (Å²) in [6.45, 7) is 5.05. The molecule has 0 heterocycles. The Morgan fingerprint density at radius 3 is 2.43 bits per heavy atom. The predicted molar refractivity (Wildman–Crippen MR) is 84.5 cm³/mol. The summed E-state index contributed by atoms with van der Waals surface area (Å²) in [5.41, 5.74) is 2.89. The molecule has 0 saturated carbocycles. The Bertz CT molecular complexity index is 639. The zero-order valence-corrected chi connectivity index (χ0v) is 12.7. The number of nitriles is 1. The van der Waals surface area contributed by atoms with Crippen LogP contribution in [0, 0.1) is 11.3 Å². The fourth-order valence-corrected chi connectivity index (χ4v) is 2.12. The van der Waals surface area contributed by atoms with E-state index in [0.717, 1.165) is 17.9 Å². The first-order valence-corrected chi connectivity index (χ1v) is 7.09. The molecule has 1 N–H and O–H groups in total. The summed E-state index contributed by atoms with van der Waals surface area (Å²) in [5, 5.41) is 12.3. The lowest BCUT2D eigenvalue weighted by Gasteiger charge is -2.10. The van der Waals surface area contributed by atoms with Gasteiger partial charge in [-0.3, -0.25) is 0 Å². The van der Waals surface area contributed by atoms with Gasteiger partial charge in [0.2, 0.25) is 0 Å². The van der Waals surface area contributed by atoms with E-state index in [2.05, 4.69) is 37.4 Å². The molecule has 2 aromatic rings. The van der Waals surface area contributed by atoms with Crippen molar-refractivity contribution in [1.82, 2.24) is 5.32 Å². The minimum absolute atomic E-state index is 0.495. The van der Waals surface area contributed by atoms with Crippen LogP contribution in [0.1, 0.15) is 36.5 Å². The molecule has 0 bridgehead atoms. The van der Waals surface area contributed by atoms with Gasteiger partial charge in [-0.2, -0.15) is 5.26 Å².